The number of unbranched alkanes of at least 4 members (excludes halogenated alkanes) is 11. The molecule has 8 heteroatoms. The van der Waals surface area contributed by atoms with Crippen molar-refractivity contribution in [3.63, 3.8) is 0 Å². The Morgan fingerprint density at radius 2 is 1.18 bits per heavy atom. The van der Waals surface area contributed by atoms with Crippen LogP contribution in [0.25, 0.3) is 0 Å². The van der Waals surface area contributed by atoms with Crippen molar-refractivity contribution in [3.8, 4) is 0 Å². The quantitative estimate of drug-likeness (QED) is 0.0634. The second kappa shape index (κ2) is 21.8. The number of carbonyl (C=O) groups excluding carboxylic acids is 1. The molecule has 4 N–H and O–H groups in total. The highest BCUT2D eigenvalue weighted by Gasteiger charge is 2.36. The second-order valence-electron chi connectivity index (χ2n) is 14.2. The van der Waals surface area contributed by atoms with Crippen molar-refractivity contribution in [1.82, 2.24) is 0 Å². The molecule has 9 atom stereocenters. The molecule has 0 amide bonds. The fourth-order valence-corrected chi connectivity index (χ4v) is 7.30. The molecule has 3 aliphatic rings. The molecule has 8 nitrogen and oxygen atoms in total. The lowest BCUT2D eigenvalue weighted by atomic mass is 9.98. The van der Waals surface area contributed by atoms with E-state index >= 15 is 0 Å². The van der Waals surface area contributed by atoms with Gasteiger partial charge < -0.3 is 34.6 Å². The van der Waals surface area contributed by atoms with E-state index in [-0.39, 0.29) is 36.5 Å². The summed E-state index contributed by atoms with van der Waals surface area (Å²) < 4.78 is 17.3. The second-order valence-corrected chi connectivity index (χ2v) is 14.2. The molecule has 0 aromatic heterocycles. The van der Waals surface area contributed by atoms with E-state index in [9.17, 15) is 25.2 Å². The van der Waals surface area contributed by atoms with Crippen LogP contribution in [0.4, 0.5) is 0 Å². The molecule has 262 valence electrons. The van der Waals surface area contributed by atoms with E-state index < -0.39 is 24.4 Å². The molecular formula is C37H66O8. The molecule has 0 aromatic carbocycles. The molecular weight excluding hydrogens is 572 g/mol. The molecule has 0 saturated carbocycles. The van der Waals surface area contributed by atoms with Crippen LogP contribution in [0.15, 0.2) is 11.6 Å². The number of cyclic esters (lactones) is 1. The summed E-state index contributed by atoms with van der Waals surface area (Å²) in [6.45, 7) is 4.08. The van der Waals surface area contributed by atoms with Crippen molar-refractivity contribution in [3.05, 3.63) is 11.6 Å². The lowest BCUT2D eigenvalue weighted by molar-refractivity contribution is -0.138. The van der Waals surface area contributed by atoms with Gasteiger partial charge in [-0.2, -0.15) is 0 Å². The molecule has 2 fully saturated rings. The van der Waals surface area contributed by atoms with Crippen molar-refractivity contribution in [2.24, 2.45) is 0 Å². The molecule has 0 aliphatic carbocycles. The largest absolute Gasteiger partial charge is 0.455 e. The van der Waals surface area contributed by atoms with Crippen molar-refractivity contribution >= 4 is 5.97 Å². The van der Waals surface area contributed by atoms with Crippen LogP contribution in [0.5, 0.6) is 0 Å². The Kier molecular flexibility index (Phi) is 18.6. The minimum absolute atomic E-state index is 0.159. The number of hydrogen-bond donors (Lipinski definition) is 4. The number of esters is 1. The smallest absolute Gasteiger partial charge is 0.331 e. The van der Waals surface area contributed by atoms with Gasteiger partial charge in [0, 0.05) is 6.08 Å². The number of aliphatic hydroxyl groups excluding tert-OH is 4. The summed E-state index contributed by atoms with van der Waals surface area (Å²) in [7, 11) is 0. The van der Waals surface area contributed by atoms with Gasteiger partial charge >= 0.3 is 5.97 Å². The van der Waals surface area contributed by atoms with Crippen molar-refractivity contribution in [2.45, 2.75) is 216 Å². The first kappa shape index (κ1) is 38.4. The van der Waals surface area contributed by atoms with Gasteiger partial charge in [0.15, 0.2) is 0 Å². The van der Waals surface area contributed by atoms with E-state index in [1.807, 2.05) is 6.92 Å². The van der Waals surface area contributed by atoms with Crippen LogP contribution in [0.3, 0.4) is 0 Å². The Labute approximate surface area is 273 Å². The third kappa shape index (κ3) is 14.7. The standard InChI is InChI=1S/C37H66O8/c1-3-4-5-6-7-8-12-15-18-31(39)35-23-24-36(45-35)33(41)21-20-32(40)34-22-19-30(44-34)17-14-11-9-10-13-16-29(38)25-28-26-37(42)43-27(28)2/h26-27,29-36,38-41H,3-25H2,1-2H3/t27-,29+,30+,31-,32-,33-,34-,35+,36-/m0/s1. The number of ether oxygens (including phenoxy) is 3. The minimum atomic E-state index is -0.625. The number of hydrogen-bond acceptors (Lipinski definition) is 8. The summed E-state index contributed by atoms with van der Waals surface area (Å²) >= 11 is 0. The Balaban J connectivity index is 1.16. The van der Waals surface area contributed by atoms with Gasteiger partial charge in [-0.05, 0) is 76.7 Å². The SMILES string of the molecule is CCCCCCCCCC[C@H](O)[C@H]1CC[C@@H]([C@@H](O)CC[C@H](O)[C@@H]2CC[C@@H](CCCCCCC[C@@H](O)CC3=CC(=O)O[C@H]3C)O2)O1. The topological polar surface area (TPSA) is 126 Å². The number of carbonyl (C=O) groups is 1. The van der Waals surface area contributed by atoms with Crippen molar-refractivity contribution < 1.29 is 39.4 Å². The summed E-state index contributed by atoms with van der Waals surface area (Å²) in [5.74, 6) is -0.306. The first-order valence-corrected chi connectivity index (χ1v) is 18.7. The van der Waals surface area contributed by atoms with Gasteiger partial charge in [0.1, 0.15) is 6.10 Å². The summed E-state index contributed by atoms with van der Waals surface area (Å²) in [6, 6.07) is 0. The van der Waals surface area contributed by atoms with Crippen LogP contribution in [0.2, 0.25) is 0 Å². The zero-order valence-electron chi connectivity index (χ0n) is 28.5. The van der Waals surface area contributed by atoms with E-state index in [1.54, 1.807) is 0 Å². The summed E-state index contributed by atoms with van der Waals surface area (Å²) in [4.78, 5) is 11.3. The van der Waals surface area contributed by atoms with E-state index in [0.717, 1.165) is 95.5 Å². The summed E-state index contributed by atoms with van der Waals surface area (Å²) in [5, 5.41) is 42.4. The van der Waals surface area contributed by atoms with Gasteiger partial charge in [-0.15, -0.1) is 0 Å². The maximum absolute atomic E-state index is 11.3. The van der Waals surface area contributed by atoms with Crippen LogP contribution < -0.4 is 0 Å². The Hall–Kier alpha value is -1.03. The van der Waals surface area contributed by atoms with Crippen LogP contribution in [-0.4, -0.2) is 81.3 Å². The molecule has 45 heavy (non-hydrogen) atoms. The predicted octanol–water partition coefficient (Wildman–Crippen LogP) is 6.83. The van der Waals surface area contributed by atoms with Gasteiger partial charge in [0.2, 0.25) is 0 Å². The number of rotatable bonds is 25. The third-order valence-corrected chi connectivity index (χ3v) is 10.3. The van der Waals surface area contributed by atoms with Gasteiger partial charge in [0.25, 0.3) is 0 Å². The van der Waals surface area contributed by atoms with Gasteiger partial charge in [-0.1, -0.05) is 90.4 Å². The van der Waals surface area contributed by atoms with Crippen molar-refractivity contribution in [2.75, 3.05) is 0 Å². The van der Waals surface area contributed by atoms with E-state index in [4.69, 9.17) is 14.2 Å². The van der Waals surface area contributed by atoms with Crippen LogP contribution >= 0.6 is 0 Å². The molecule has 3 rings (SSSR count). The monoisotopic (exact) mass is 638 g/mol. The third-order valence-electron chi connectivity index (χ3n) is 10.3. The maximum atomic E-state index is 11.3. The lowest BCUT2D eigenvalue weighted by Crippen LogP contribution is -2.33. The molecule has 0 spiro atoms. The fraction of sp³-hybridized carbons (Fsp3) is 0.919. The fourth-order valence-electron chi connectivity index (χ4n) is 7.30. The molecule has 0 unspecified atom stereocenters. The Morgan fingerprint density at radius 3 is 1.78 bits per heavy atom. The zero-order chi connectivity index (χ0) is 32.4. The zero-order valence-corrected chi connectivity index (χ0v) is 28.5. The van der Waals surface area contributed by atoms with Gasteiger partial charge in [-0.3, -0.25) is 0 Å². The van der Waals surface area contributed by atoms with Crippen LogP contribution in [-0.2, 0) is 19.0 Å². The highest BCUT2D eigenvalue weighted by molar-refractivity contribution is 5.85. The average Bonchev–Trinajstić information content (AvgIpc) is 3.77. The summed E-state index contributed by atoms with van der Waals surface area (Å²) in [5.41, 5.74) is 0.889. The number of aliphatic hydroxyl groups is 4. The first-order valence-electron chi connectivity index (χ1n) is 18.7. The molecule has 3 heterocycles. The predicted molar refractivity (Wildman–Crippen MR) is 177 cm³/mol. The average molecular weight is 639 g/mol. The van der Waals surface area contributed by atoms with Crippen LogP contribution in [0.1, 0.15) is 162 Å². The Bertz CT molecular complexity index is 833. The molecule has 0 bridgehead atoms. The highest BCUT2D eigenvalue weighted by atomic mass is 16.5. The summed E-state index contributed by atoms with van der Waals surface area (Å²) in [6.07, 6.45) is 21.6. The highest BCUT2D eigenvalue weighted by Crippen LogP contribution is 2.31. The van der Waals surface area contributed by atoms with Gasteiger partial charge in [0.05, 0.1) is 48.8 Å². The molecule has 0 radical (unpaired) electrons. The lowest BCUT2D eigenvalue weighted by Gasteiger charge is -2.24. The van der Waals surface area contributed by atoms with Crippen molar-refractivity contribution in [1.29, 1.82) is 0 Å². The first-order chi connectivity index (χ1) is 21.8. The molecule has 3 aliphatic heterocycles. The molecule has 2 saturated heterocycles. The van der Waals surface area contributed by atoms with Gasteiger partial charge in [-0.25, -0.2) is 4.79 Å². The van der Waals surface area contributed by atoms with E-state index in [0.29, 0.717) is 19.3 Å². The minimum Gasteiger partial charge on any atom is -0.455 e. The van der Waals surface area contributed by atoms with Crippen LogP contribution in [0, 0.1) is 0 Å². The normalized spacial score (nSPS) is 27.8. The maximum Gasteiger partial charge on any atom is 0.331 e. The molecule has 0 aromatic rings. The van der Waals surface area contributed by atoms with E-state index in [1.165, 1.54) is 44.6 Å². The Morgan fingerprint density at radius 1 is 0.667 bits per heavy atom. The van der Waals surface area contributed by atoms with E-state index in [2.05, 4.69) is 6.92 Å².